The first-order chi connectivity index (χ1) is 12.6. The minimum absolute atomic E-state index is 0.0949. The second-order valence-corrected chi connectivity index (χ2v) is 7.29. The summed E-state index contributed by atoms with van der Waals surface area (Å²) in [4.78, 5) is 13.2. The van der Waals surface area contributed by atoms with Gasteiger partial charge in [0.05, 0.1) is 15.9 Å². The molecule has 7 heteroatoms. The number of benzene rings is 3. The van der Waals surface area contributed by atoms with E-state index in [1.807, 2.05) is 60.7 Å². The van der Waals surface area contributed by atoms with Gasteiger partial charge in [0.2, 0.25) is 0 Å². The summed E-state index contributed by atoms with van der Waals surface area (Å²) in [5.74, 6) is 0.208. The third kappa shape index (κ3) is 4.71. The van der Waals surface area contributed by atoms with Crippen LogP contribution in [0.25, 0.3) is 0 Å². The molecule has 26 heavy (non-hydrogen) atoms. The van der Waals surface area contributed by atoms with Gasteiger partial charge in [-0.15, -0.1) is 0 Å². The van der Waals surface area contributed by atoms with E-state index in [9.17, 15) is 15.2 Å². The predicted molar refractivity (Wildman–Crippen MR) is 103 cm³/mol. The van der Waals surface area contributed by atoms with Crippen LogP contribution in [0.2, 0.25) is 0 Å². The molecule has 132 valence electrons. The Morgan fingerprint density at radius 3 is 2.19 bits per heavy atom. The molecule has 0 unspecified atom stereocenters. The summed E-state index contributed by atoms with van der Waals surface area (Å²) in [6, 6.07) is 21.6. The molecule has 0 spiro atoms. The maximum atomic E-state index is 11.4. The standard InChI is InChI=1S/C19H15NO4S2/c21-17-12-19(26-15-9-5-2-6-10-15)16(20(22)23)11-18(17)24-13-25-14-7-3-1-4-8-14/h1-12,21H,13H2. The summed E-state index contributed by atoms with van der Waals surface area (Å²) < 4.78 is 5.54. The number of hydrogen-bond donors (Lipinski definition) is 1. The average Bonchev–Trinajstić information content (AvgIpc) is 2.65. The van der Waals surface area contributed by atoms with Crippen molar-refractivity contribution in [3.63, 3.8) is 0 Å². The van der Waals surface area contributed by atoms with Crippen LogP contribution in [0, 0.1) is 10.1 Å². The molecule has 0 aliphatic rings. The summed E-state index contributed by atoms with van der Waals surface area (Å²) in [5, 5.41) is 21.6. The number of thioether (sulfide) groups is 1. The first kappa shape index (κ1) is 18.2. The number of nitro groups is 1. The molecule has 3 aromatic rings. The van der Waals surface area contributed by atoms with Crippen LogP contribution in [0.4, 0.5) is 5.69 Å². The van der Waals surface area contributed by atoms with Gasteiger partial charge in [0, 0.05) is 15.9 Å². The highest BCUT2D eigenvalue weighted by Crippen LogP contribution is 2.42. The van der Waals surface area contributed by atoms with Crippen LogP contribution < -0.4 is 4.74 Å². The van der Waals surface area contributed by atoms with Crippen molar-refractivity contribution in [1.82, 2.24) is 0 Å². The number of hydrogen-bond acceptors (Lipinski definition) is 6. The third-order valence-electron chi connectivity index (χ3n) is 3.39. The maximum absolute atomic E-state index is 11.4. The van der Waals surface area contributed by atoms with Crippen molar-refractivity contribution in [2.24, 2.45) is 0 Å². The summed E-state index contributed by atoms with van der Waals surface area (Å²) in [5.41, 5.74) is -0.101. The zero-order valence-corrected chi connectivity index (χ0v) is 15.2. The van der Waals surface area contributed by atoms with Gasteiger partial charge >= 0.3 is 0 Å². The lowest BCUT2D eigenvalue weighted by Crippen LogP contribution is -1.97. The van der Waals surface area contributed by atoms with Crippen molar-refractivity contribution in [2.45, 2.75) is 14.7 Å². The minimum Gasteiger partial charge on any atom is -0.504 e. The Morgan fingerprint density at radius 2 is 1.58 bits per heavy atom. The fourth-order valence-corrected chi connectivity index (χ4v) is 3.80. The molecule has 0 aromatic heterocycles. The average molecular weight is 385 g/mol. The molecule has 0 fully saturated rings. The van der Waals surface area contributed by atoms with Crippen LogP contribution in [-0.2, 0) is 0 Å². The monoisotopic (exact) mass is 385 g/mol. The van der Waals surface area contributed by atoms with Gasteiger partial charge in [-0.25, -0.2) is 0 Å². The highest BCUT2D eigenvalue weighted by molar-refractivity contribution is 7.99. The molecule has 0 bridgehead atoms. The number of phenols is 1. The lowest BCUT2D eigenvalue weighted by Gasteiger charge is -2.10. The molecular weight excluding hydrogens is 370 g/mol. The van der Waals surface area contributed by atoms with E-state index in [1.165, 1.54) is 35.7 Å². The van der Waals surface area contributed by atoms with Gasteiger partial charge in [-0.2, -0.15) is 0 Å². The van der Waals surface area contributed by atoms with E-state index in [4.69, 9.17) is 4.74 Å². The first-order valence-electron chi connectivity index (χ1n) is 7.68. The molecule has 0 atom stereocenters. The normalized spacial score (nSPS) is 10.5. The Bertz CT molecular complexity index is 889. The molecule has 0 aliphatic heterocycles. The maximum Gasteiger partial charge on any atom is 0.287 e. The Hall–Kier alpha value is -2.64. The number of ether oxygens (including phenoxy) is 1. The molecule has 0 aliphatic carbocycles. The number of phenolic OH excluding ortho intramolecular Hbond substituents is 1. The molecule has 1 N–H and O–H groups in total. The molecule has 3 aromatic carbocycles. The van der Waals surface area contributed by atoms with Crippen LogP contribution in [0.1, 0.15) is 0 Å². The largest absolute Gasteiger partial charge is 0.504 e. The predicted octanol–water partition coefficient (Wildman–Crippen LogP) is 5.58. The molecule has 5 nitrogen and oxygen atoms in total. The SMILES string of the molecule is O=[N+]([O-])c1cc(OCSc2ccccc2)c(O)cc1Sc1ccccc1. The van der Waals surface area contributed by atoms with Gasteiger partial charge in [-0.05, 0) is 24.3 Å². The van der Waals surface area contributed by atoms with Gasteiger partial charge in [-0.1, -0.05) is 59.9 Å². The fourth-order valence-electron chi connectivity index (χ4n) is 2.17. The van der Waals surface area contributed by atoms with Crippen molar-refractivity contribution in [1.29, 1.82) is 0 Å². The second-order valence-electron chi connectivity index (χ2n) is 5.18. The molecule has 0 heterocycles. The van der Waals surface area contributed by atoms with Gasteiger partial charge in [0.15, 0.2) is 11.5 Å². The molecule has 0 amide bonds. The second kappa shape index (κ2) is 8.64. The quantitative estimate of drug-likeness (QED) is 0.248. The van der Waals surface area contributed by atoms with E-state index in [0.29, 0.717) is 4.90 Å². The lowest BCUT2D eigenvalue weighted by atomic mass is 10.3. The van der Waals surface area contributed by atoms with E-state index in [0.717, 1.165) is 9.79 Å². The van der Waals surface area contributed by atoms with Crippen molar-refractivity contribution in [3.05, 3.63) is 82.9 Å². The fraction of sp³-hybridized carbons (Fsp3) is 0.0526. The van der Waals surface area contributed by atoms with E-state index in [1.54, 1.807) is 0 Å². The number of aromatic hydroxyl groups is 1. The Kier molecular flexibility index (Phi) is 6.04. The summed E-state index contributed by atoms with van der Waals surface area (Å²) >= 11 is 2.66. The van der Waals surface area contributed by atoms with Gasteiger partial charge < -0.3 is 9.84 Å². The molecule has 0 saturated carbocycles. The van der Waals surface area contributed by atoms with Gasteiger partial charge in [0.1, 0.15) is 5.94 Å². The topological polar surface area (TPSA) is 72.6 Å². The van der Waals surface area contributed by atoms with Gasteiger partial charge in [0.25, 0.3) is 5.69 Å². The first-order valence-corrected chi connectivity index (χ1v) is 9.48. The van der Waals surface area contributed by atoms with Crippen LogP contribution in [0.5, 0.6) is 11.5 Å². The van der Waals surface area contributed by atoms with E-state index in [-0.39, 0.29) is 23.1 Å². The lowest BCUT2D eigenvalue weighted by molar-refractivity contribution is -0.387. The number of nitro benzene ring substituents is 1. The summed E-state index contributed by atoms with van der Waals surface area (Å²) in [7, 11) is 0. The van der Waals surface area contributed by atoms with E-state index >= 15 is 0 Å². The summed E-state index contributed by atoms with van der Waals surface area (Å²) in [6.07, 6.45) is 0. The number of rotatable bonds is 7. The van der Waals surface area contributed by atoms with E-state index < -0.39 is 4.92 Å². The summed E-state index contributed by atoms with van der Waals surface area (Å²) in [6.45, 7) is 0. The van der Waals surface area contributed by atoms with Crippen LogP contribution in [-0.4, -0.2) is 16.0 Å². The molecule has 0 saturated heterocycles. The Labute approximate surface area is 159 Å². The van der Waals surface area contributed by atoms with Crippen LogP contribution >= 0.6 is 23.5 Å². The Morgan fingerprint density at radius 1 is 0.962 bits per heavy atom. The van der Waals surface area contributed by atoms with Crippen LogP contribution in [0.3, 0.4) is 0 Å². The third-order valence-corrected chi connectivity index (χ3v) is 5.29. The van der Waals surface area contributed by atoms with Crippen LogP contribution in [0.15, 0.2) is 87.5 Å². The van der Waals surface area contributed by atoms with Crippen molar-refractivity contribution < 1.29 is 14.8 Å². The van der Waals surface area contributed by atoms with E-state index in [2.05, 4.69) is 0 Å². The number of nitrogens with zero attached hydrogens (tertiary/aromatic N) is 1. The highest BCUT2D eigenvalue weighted by atomic mass is 32.2. The van der Waals surface area contributed by atoms with Crippen molar-refractivity contribution >= 4 is 29.2 Å². The zero-order valence-electron chi connectivity index (χ0n) is 13.6. The zero-order chi connectivity index (χ0) is 18.4. The Balaban J connectivity index is 1.77. The molecule has 0 radical (unpaired) electrons. The van der Waals surface area contributed by atoms with Gasteiger partial charge in [-0.3, -0.25) is 10.1 Å². The highest BCUT2D eigenvalue weighted by Gasteiger charge is 2.20. The molecule has 3 rings (SSSR count). The smallest absolute Gasteiger partial charge is 0.287 e. The molecular formula is C19H15NO4S2. The van der Waals surface area contributed by atoms with Crippen molar-refractivity contribution in [3.8, 4) is 11.5 Å². The minimum atomic E-state index is -0.470. The van der Waals surface area contributed by atoms with Crippen molar-refractivity contribution in [2.75, 3.05) is 5.94 Å².